The summed E-state index contributed by atoms with van der Waals surface area (Å²) in [5.41, 5.74) is 3.89. The zero-order valence-electron chi connectivity index (χ0n) is 13.9. The van der Waals surface area contributed by atoms with E-state index in [4.69, 9.17) is 4.74 Å². The van der Waals surface area contributed by atoms with Crippen molar-refractivity contribution in [2.45, 2.75) is 53.2 Å². The molecule has 0 saturated heterocycles. The van der Waals surface area contributed by atoms with E-state index in [0.717, 1.165) is 22.5 Å². The van der Waals surface area contributed by atoms with Crippen molar-refractivity contribution in [2.24, 2.45) is 0 Å². The van der Waals surface area contributed by atoms with Gasteiger partial charge in [-0.05, 0) is 57.4 Å². The Kier molecular flexibility index (Phi) is 4.74. The second-order valence-corrected chi connectivity index (χ2v) is 5.98. The molecule has 0 radical (unpaired) electrons. The maximum absolute atomic E-state index is 12.4. The average molecular weight is 304 g/mol. The van der Waals surface area contributed by atoms with Crippen molar-refractivity contribution in [1.82, 2.24) is 0 Å². The number of ether oxygens (including phenoxy) is 1. The largest absolute Gasteiger partial charge is 0.461 e. The molecule has 1 aliphatic heterocycles. The Labute approximate surface area is 131 Å². The smallest absolute Gasteiger partial charge is 0.329 e. The molecule has 1 aromatic rings. The summed E-state index contributed by atoms with van der Waals surface area (Å²) in [5, 5.41) is 3.13. The van der Waals surface area contributed by atoms with Gasteiger partial charge in [0.05, 0.1) is 24.0 Å². The topological polar surface area (TPSA) is 58.6 Å². The van der Waals surface area contributed by atoms with Gasteiger partial charge in [-0.25, -0.2) is 4.79 Å². The lowest BCUT2D eigenvalue weighted by molar-refractivity contribution is -0.150. The molecule has 1 unspecified atom stereocenters. The number of nitrogens with zero attached hydrogens (tertiary/aromatic N) is 1. The number of hydrogen-bond acceptors (Lipinski definition) is 4. The van der Waals surface area contributed by atoms with Gasteiger partial charge < -0.3 is 10.1 Å². The van der Waals surface area contributed by atoms with Gasteiger partial charge in [0, 0.05) is 0 Å². The molecule has 1 aromatic carbocycles. The SMILES string of the molecule is CCC(C(=O)OC(C)C)N1C(=O)CNc2cc(C)c(C)cc21. The lowest BCUT2D eigenvalue weighted by Crippen LogP contribution is -2.50. The monoisotopic (exact) mass is 304 g/mol. The highest BCUT2D eigenvalue weighted by Gasteiger charge is 2.35. The Balaban J connectivity index is 2.43. The molecule has 22 heavy (non-hydrogen) atoms. The number of aryl methyl sites for hydroxylation is 2. The number of anilines is 2. The number of carbonyl (C=O) groups excluding carboxylic acids is 2. The molecule has 0 spiro atoms. The Morgan fingerprint density at radius 3 is 2.55 bits per heavy atom. The fraction of sp³-hybridized carbons (Fsp3) is 0.529. The van der Waals surface area contributed by atoms with E-state index < -0.39 is 6.04 Å². The van der Waals surface area contributed by atoms with Crippen LogP contribution < -0.4 is 10.2 Å². The minimum Gasteiger partial charge on any atom is -0.461 e. The molecular formula is C17H24N2O3. The molecular weight excluding hydrogens is 280 g/mol. The number of hydrogen-bond donors (Lipinski definition) is 1. The van der Waals surface area contributed by atoms with Crippen LogP contribution in [0.4, 0.5) is 11.4 Å². The zero-order valence-corrected chi connectivity index (χ0v) is 13.9. The highest BCUT2D eigenvalue weighted by Crippen LogP contribution is 2.34. The molecule has 0 aliphatic carbocycles. The van der Waals surface area contributed by atoms with Crippen molar-refractivity contribution in [1.29, 1.82) is 0 Å². The van der Waals surface area contributed by atoms with E-state index in [1.54, 1.807) is 4.90 Å². The third-order valence-corrected chi connectivity index (χ3v) is 3.89. The highest BCUT2D eigenvalue weighted by atomic mass is 16.5. The maximum Gasteiger partial charge on any atom is 0.329 e. The third kappa shape index (κ3) is 3.08. The summed E-state index contributed by atoms with van der Waals surface area (Å²) in [6.07, 6.45) is 0.322. The highest BCUT2D eigenvalue weighted by molar-refractivity contribution is 6.06. The predicted octanol–water partition coefficient (Wildman–Crippen LogP) is 2.79. The Hall–Kier alpha value is -2.04. The number of carbonyl (C=O) groups is 2. The minimum absolute atomic E-state index is 0.108. The number of nitrogens with one attached hydrogen (secondary N) is 1. The van der Waals surface area contributed by atoms with Crippen molar-refractivity contribution in [2.75, 3.05) is 16.8 Å². The molecule has 0 saturated carbocycles. The molecule has 0 fully saturated rings. The first kappa shape index (κ1) is 16.3. The Bertz CT molecular complexity index is 596. The number of esters is 1. The normalized spacial score (nSPS) is 15.4. The lowest BCUT2D eigenvalue weighted by atomic mass is 10.0. The van der Waals surface area contributed by atoms with Crippen LogP contribution in [0.1, 0.15) is 38.3 Å². The molecule has 1 amide bonds. The van der Waals surface area contributed by atoms with Crippen LogP contribution in [0.5, 0.6) is 0 Å². The van der Waals surface area contributed by atoms with Crippen LogP contribution in [-0.4, -0.2) is 30.6 Å². The fourth-order valence-electron chi connectivity index (χ4n) is 2.64. The van der Waals surface area contributed by atoms with Gasteiger partial charge in [-0.3, -0.25) is 9.69 Å². The first-order chi connectivity index (χ1) is 10.3. The second kappa shape index (κ2) is 6.38. The van der Waals surface area contributed by atoms with Gasteiger partial charge >= 0.3 is 5.97 Å². The van der Waals surface area contributed by atoms with E-state index in [-0.39, 0.29) is 24.5 Å². The molecule has 120 valence electrons. The molecule has 1 atom stereocenters. The molecule has 1 aliphatic rings. The minimum atomic E-state index is -0.585. The average Bonchev–Trinajstić information content (AvgIpc) is 2.43. The molecule has 1 N–H and O–H groups in total. The van der Waals surface area contributed by atoms with Crippen LogP contribution in [0, 0.1) is 13.8 Å². The van der Waals surface area contributed by atoms with E-state index in [2.05, 4.69) is 5.32 Å². The Morgan fingerprint density at radius 1 is 1.32 bits per heavy atom. The van der Waals surface area contributed by atoms with Gasteiger partial charge in [0.25, 0.3) is 0 Å². The van der Waals surface area contributed by atoms with Gasteiger partial charge in [0.2, 0.25) is 5.91 Å². The van der Waals surface area contributed by atoms with Crippen LogP contribution >= 0.6 is 0 Å². The second-order valence-electron chi connectivity index (χ2n) is 5.98. The van der Waals surface area contributed by atoms with Gasteiger partial charge in [-0.2, -0.15) is 0 Å². The van der Waals surface area contributed by atoms with Crippen LogP contribution in [-0.2, 0) is 14.3 Å². The lowest BCUT2D eigenvalue weighted by Gasteiger charge is -2.35. The van der Waals surface area contributed by atoms with Crippen LogP contribution in [0.2, 0.25) is 0 Å². The quantitative estimate of drug-likeness (QED) is 0.869. The summed E-state index contributed by atoms with van der Waals surface area (Å²) in [5.74, 6) is -0.458. The summed E-state index contributed by atoms with van der Waals surface area (Å²) < 4.78 is 5.32. The van der Waals surface area contributed by atoms with Crippen LogP contribution in [0.25, 0.3) is 0 Å². The van der Waals surface area contributed by atoms with Crippen molar-refractivity contribution in [3.05, 3.63) is 23.3 Å². The van der Waals surface area contributed by atoms with Crippen molar-refractivity contribution >= 4 is 23.3 Å². The maximum atomic E-state index is 12.4. The third-order valence-electron chi connectivity index (χ3n) is 3.89. The molecule has 5 nitrogen and oxygen atoms in total. The fourth-order valence-corrected chi connectivity index (χ4v) is 2.64. The van der Waals surface area contributed by atoms with Gasteiger partial charge in [-0.1, -0.05) is 6.92 Å². The molecule has 0 aromatic heterocycles. The number of amides is 1. The van der Waals surface area contributed by atoms with Crippen LogP contribution in [0.3, 0.4) is 0 Å². The Morgan fingerprint density at radius 2 is 1.95 bits per heavy atom. The van der Waals surface area contributed by atoms with Gasteiger partial charge in [-0.15, -0.1) is 0 Å². The standard InChI is InChI=1S/C17H24N2O3/c1-6-14(17(21)22-10(2)3)19-15-8-12(5)11(4)7-13(15)18-9-16(19)20/h7-8,10,14,18H,6,9H2,1-5H3. The van der Waals surface area contributed by atoms with E-state index in [1.165, 1.54) is 0 Å². The predicted molar refractivity (Wildman–Crippen MR) is 87.2 cm³/mol. The van der Waals surface area contributed by atoms with Crippen LogP contribution in [0.15, 0.2) is 12.1 Å². The summed E-state index contributed by atoms with van der Waals surface area (Å²) in [4.78, 5) is 26.3. The molecule has 1 heterocycles. The summed E-state index contributed by atoms with van der Waals surface area (Å²) in [6, 6.07) is 3.39. The van der Waals surface area contributed by atoms with Crippen molar-refractivity contribution < 1.29 is 14.3 Å². The number of benzene rings is 1. The summed E-state index contributed by atoms with van der Waals surface area (Å²) in [6.45, 7) is 9.74. The first-order valence-electron chi connectivity index (χ1n) is 7.72. The van der Waals surface area contributed by atoms with Crippen molar-refractivity contribution in [3.8, 4) is 0 Å². The number of fused-ring (bicyclic) bond motifs is 1. The summed E-state index contributed by atoms with van der Waals surface area (Å²) >= 11 is 0. The molecule has 0 bridgehead atoms. The summed E-state index contributed by atoms with van der Waals surface area (Å²) in [7, 11) is 0. The van der Waals surface area contributed by atoms with Crippen molar-refractivity contribution in [3.63, 3.8) is 0 Å². The van der Waals surface area contributed by atoms with E-state index >= 15 is 0 Å². The number of rotatable bonds is 4. The van der Waals surface area contributed by atoms with Gasteiger partial charge in [0.1, 0.15) is 6.04 Å². The zero-order chi connectivity index (χ0) is 16.4. The molecule has 2 rings (SSSR count). The first-order valence-corrected chi connectivity index (χ1v) is 7.72. The van der Waals surface area contributed by atoms with Gasteiger partial charge in [0.15, 0.2) is 0 Å². The van der Waals surface area contributed by atoms with E-state index in [0.29, 0.717) is 6.42 Å². The van der Waals surface area contributed by atoms with E-state index in [1.807, 2.05) is 46.8 Å². The molecule has 5 heteroatoms. The van der Waals surface area contributed by atoms with E-state index in [9.17, 15) is 9.59 Å².